The van der Waals surface area contributed by atoms with Crippen LogP contribution in [0.3, 0.4) is 0 Å². The molecule has 0 atom stereocenters. The summed E-state index contributed by atoms with van der Waals surface area (Å²) in [6, 6.07) is 7.74. The lowest BCUT2D eigenvalue weighted by Crippen LogP contribution is -2.42. The number of nitrogens with one attached hydrogen (secondary N) is 2. The van der Waals surface area contributed by atoms with E-state index in [1.54, 1.807) is 11.4 Å². The number of guanidine groups is 1. The summed E-state index contributed by atoms with van der Waals surface area (Å²) < 4.78 is 32.6. The van der Waals surface area contributed by atoms with Gasteiger partial charge in [0, 0.05) is 39.9 Å². The molecule has 7 nitrogen and oxygen atoms in total. The summed E-state index contributed by atoms with van der Waals surface area (Å²) in [6.07, 6.45) is 6.66. The van der Waals surface area contributed by atoms with Gasteiger partial charge in [0.2, 0.25) is 10.0 Å². The van der Waals surface area contributed by atoms with Crippen LogP contribution < -0.4 is 14.9 Å². The topological polar surface area (TPSA) is 83.0 Å². The molecule has 0 bridgehead atoms. The van der Waals surface area contributed by atoms with E-state index < -0.39 is 10.0 Å². The zero-order chi connectivity index (χ0) is 21.5. The van der Waals surface area contributed by atoms with Crippen LogP contribution in [0.4, 0.5) is 5.69 Å². The Balaban J connectivity index is 0.00000341. The van der Waals surface area contributed by atoms with Crippen LogP contribution in [-0.4, -0.2) is 60.0 Å². The van der Waals surface area contributed by atoms with Crippen LogP contribution in [0.25, 0.3) is 0 Å². The molecule has 1 aliphatic heterocycles. The quantitative estimate of drug-likeness (QED) is 0.259. The summed E-state index contributed by atoms with van der Waals surface area (Å²) in [6.45, 7) is 5.12. The van der Waals surface area contributed by atoms with Crippen molar-refractivity contribution in [2.75, 3.05) is 50.0 Å². The lowest BCUT2D eigenvalue weighted by atomic mass is 9.83. The largest absolute Gasteiger partial charge is 0.385 e. The van der Waals surface area contributed by atoms with Gasteiger partial charge in [0.1, 0.15) is 0 Å². The monoisotopic (exact) mass is 564 g/mol. The highest BCUT2D eigenvalue weighted by Crippen LogP contribution is 2.41. The van der Waals surface area contributed by atoms with Crippen molar-refractivity contribution < 1.29 is 13.2 Å². The van der Waals surface area contributed by atoms with E-state index in [1.165, 1.54) is 25.7 Å². The van der Waals surface area contributed by atoms with Crippen LogP contribution in [0.5, 0.6) is 0 Å². The van der Waals surface area contributed by atoms with E-state index in [-0.39, 0.29) is 35.1 Å². The highest BCUT2D eigenvalue weighted by molar-refractivity contribution is 14.0. The minimum Gasteiger partial charge on any atom is -0.385 e. The van der Waals surface area contributed by atoms with Crippen molar-refractivity contribution in [1.82, 2.24) is 10.6 Å². The fourth-order valence-corrected chi connectivity index (χ4v) is 5.95. The van der Waals surface area contributed by atoms with Gasteiger partial charge in [-0.25, -0.2) is 8.42 Å². The van der Waals surface area contributed by atoms with Crippen LogP contribution >= 0.6 is 24.0 Å². The van der Waals surface area contributed by atoms with Crippen molar-refractivity contribution >= 4 is 45.6 Å². The molecule has 0 amide bonds. The van der Waals surface area contributed by atoms with Crippen LogP contribution in [0.15, 0.2) is 29.3 Å². The van der Waals surface area contributed by atoms with Gasteiger partial charge in [-0.05, 0) is 49.7 Å². The summed E-state index contributed by atoms with van der Waals surface area (Å²) >= 11 is 0. The molecule has 2 N–H and O–H groups in total. The Hall–Kier alpha value is -1.07. The first-order chi connectivity index (χ1) is 14.5. The second kappa shape index (κ2) is 12.2. The molecule has 1 fully saturated rings. The SMILES string of the molecule is CCNC(=NCC1(CCOC)CCCC1)NCCS(=O)(=O)N1CCc2ccccc21.I. The van der Waals surface area contributed by atoms with E-state index >= 15 is 0 Å². The van der Waals surface area contributed by atoms with E-state index in [2.05, 4.69) is 10.6 Å². The molecule has 0 saturated heterocycles. The number of sulfonamides is 1. The molecule has 1 heterocycles. The Labute approximate surface area is 204 Å². The molecule has 31 heavy (non-hydrogen) atoms. The normalized spacial score (nSPS) is 17.9. The second-order valence-electron chi connectivity index (χ2n) is 8.34. The average Bonchev–Trinajstić information content (AvgIpc) is 3.38. The molecule has 176 valence electrons. The van der Waals surface area contributed by atoms with Crippen molar-refractivity contribution in [2.24, 2.45) is 10.4 Å². The molecule has 0 aromatic heterocycles. The van der Waals surface area contributed by atoms with Gasteiger partial charge in [0.25, 0.3) is 0 Å². The smallest absolute Gasteiger partial charge is 0.236 e. The molecular formula is C22H37IN4O3S. The fraction of sp³-hybridized carbons (Fsp3) is 0.682. The number of rotatable bonds is 10. The predicted octanol–water partition coefficient (Wildman–Crippen LogP) is 3.15. The number of para-hydroxylation sites is 1. The average molecular weight is 565 g/mol. The van der Waals surface area contributed by atoms with E-state index in [0.717, 1.165) is 43.8 Å². The third-order valence-corrected chi connectivity index (χ3v) is 8.02. The molecule has 0 radical (unpaired) electrons. The molecule has 9 heteroatoms. The van der Waals surface area contributed by atoms with Gasteiger partial charge in [0.05, 0.1) is 11.4 Å². The van der Waals surface area contributed by atoms with Gasteiger partial charge in [-0.3, -0.25) is 9.30 Å². The Morgan fingerprint density at radius 3 is 2.68 bits per heavy atom. The number of ether oxygens (including phenoxy) is 1. The third kappa shape index (κ3) is 6.95. The molecular weight excluding hydrogens is 527 g/mol. The number of benzene rings is 1. The van der Waals surface area contributed by atoms with Crippen LogP contribution in [0.1, 0.15) is 44.6 Å². The fourth-order valence-electron chi connectivity index (χ4n) is 4.52. The van der Waals surface area contributed by atoms with E-state index in [4.69, 9.17) is 9.73 Å². The van der Waals surface area contributed by atoms with E-state index in [9.17, 15) is 8.42 Å². The molecule has 1 saturated carbocycles. The predicted molar refractivity (Wildman–Crippen MR) is 138 cm³/mol. The lowest BCUT2D eigenvalue weighted by Gasteiger charge is -2.27. The first-order valence-corrected chi connectivity index (χ1v) is 12.7. The number of hydrogen-bond acceptors (Lipinski definition) is 4. The first kappa shape index (κ1) is 26.2. The number of halogens is 1. The summed E-state index contributed by atoms with van der Waals surface area (Å²) in [7, 11) is -1.62. The van der Waals surface area contributed by atoms with Crippen molar-refractivity contribution in [3.8, 4) is 0 Å². The van der Waals surface area contributed by atoms with Crippen molar-refractivity contribution in [3.63, 3.8) is 0 Å². The Morgan fingerprint density at radius 1 is 1.23 bits per heavy atom. The van der Waals surface area contributed by atoms with Gasteiger partial charge < -0.3 is 15.4 Å². The summed E-state index contributed by atoms with van der Waals surface area (Å²) in [4.78, 5) is 4.80. The number of nitrogens with zero attached hydrogens (tertiary/aromatic N) is 2. The highest BCUT2D eigenvalue weighted by atomic mass is 127. The van der Waals surface area contributed by atoms with Crippen molar-refractivity contribution in [2.45, 2.75) is 45.4 Å². The van der Waals surface area contributed by atoms with Crippen LogP contribution in [0, 0.1) is 5.41 Å². The number of methoxy groups -OCH3 is 1. The zero-order valence-corrected chi connectivity index (χ0v) is 21.9. The van der Waals surface area contributed by atoms with Crippen LogP contribution in [0.2, 0.25) is 0 Å². The first-order valence-electron chi connectivity index (χ1n) is 11.1. The molecule has 0 spiro atoms. The molecule has 2 aliphatic rings. The second-order valence-corrected chi connectivity index (χ2v) is 10.4. The number of anilines is 1. The Kier molecular flexibility index (Phi) is 10.3. The molecule has 3 rings (SSSR count). The van der Waals surface area contributed by atoms with Gasteiger partial charge in [-0.15, -0.1) is 24.0 Å². The summed E-state index contributed by atoms with van der Waals surface area (Å²) in [5, 5.41) is 6.47. The standard InChI is InChI=1S/C22H36N4O3S.HI/c1-3-23-21(25-18-22(13-16-29-2)11-6-7-12-22)24-14-17-30(27,28)26-15-10-19-8-4-5-9-20(19)26;/h4-5,8-9H,3,6-7,10-18H2,1-2H3,(H2,23,24,25);1H. The summed E-state index contributed by atoms with van der Waals surface area (Å²) in [5.74, 6) is 0.735. The van der Waals surface area contributed by atoms with Crippen molar-refractivity contribution in [3.05, 3.63) is 29.8 Å². The molecule has 1 aromatic carbocycles. The van der Waals surface area contributed by atoms with Gasteiger partial charge in [-0.1, -0.05) is 31.0 Å². The minimum atomic E-state index is -3.37. The molecule has 0 unspecified atom stereocenters. The maximum absolute atomic E-state index is 12.9. The maximum Gasteiger partial charge on any atom is 0.236 e. The molecule has 1 aliphatic carbocycles. The highest BCUT2D eigenvalue weighted by Gasteiger charge is 2.33. The zero-order valence-electron chi connectivity index (χ0n) is 18.7. The maximum atomic E-state index is 12.9. The van der Waals surface area contributed by atoms with E-state index in [1.807, 2.05) is 31.2 Å². The third-order valence-electron chi connectivity index (χ3n) is 6.25. The lowest BCUT2D eigenvalue weighted by molar-refractivity contribution is 0.141. The molecule has 1 aromatic rings. The number of hydrogen-bond donors (Lipinski definition) is 2. The minimum absolute atomic E-state index is 0. The Morgan fingerprint density at radius 2 is 1.97 bits per heavy atom. The van der Waals surface area contributed by atoms with Crippen molar-refractivity contribution in [1.29, 1.82) is 0 Å². The summed E-state index contributed by atoms with van der Waals surface area (Å²) in [5.41, 5.74) is 2.13. The number of aliphatic imine (C=N–C) groups is 1. The van der Waals surface area contributed by atoms with E-state index in [0.29, 0.717) is 19.0 Å². The van der Waals surface area contributed by atoms with Gasteiger partial charge >= 0.3 is 0 Å². The number of fused-ring (bicyclic) bond motifs is 1. The van der Waals surface area contributed by atoms with Crippen LogP contribution in [-0.2, 0) is 21.2 Å². The Bertz CT molecular complexity index is 826. The van der Waals surface area contributed by atoms with Gasteiger partial charge in [0.15, 0.2) is 5.96 Å². The van der Waals surface area contributed by atoms with Gasteiger partial charge in [-0.2, -0.15) is 0 Å².